The summed E-state index contributed by atoms with van der Waals surface area (Å²) < 4.78 is 10.6. The van der Waals surface area contributed by atoms with E-state index in [0.29, 0.717) is 24.2 Å². The van der Waals surface area contributed by atoms with Gasteiger partial charge in [0.1, 0.15) is 5.75 Å². The van der Waals surface area contributed by atoms with Crippen molar-refractivity contribution in [1.29, 1.82) is 0 Å². The summed E-state index contributed by atoms with van der Waals surface area (Å²) in [5.41, 5.74) is 0.871. The summed E-state index contributed by atoms with van der Waals surface area (Å²) in [4.78, 5) is 33.6. The number of fused-ring (bicyclic) bond motifs is 2. The zero-order valence-electron chi connectivity index (χ0n) is 21.1. The van der Waals surface area contributed by atoms with Crippen LogP contribution in [0.1, 0.15) is 38.5 Å². The standard InChI is InChI=1S/C26H36N6O4/c1-17(22-14-18-3-4-20(22)13-18)27-26(34)28-23(33)15-31-9-11-32(12-10-31)16-24-29-25(30-36-24)19-5-7-21(35-2)8-6-19/h5-8,17-18,20,22H,3-4,9-16H2,1-2H3,(H2,27,28,33,34). The zero-order chi connectivity index (χ0) is 25.1. The molecule has 5 rings (SSSR count). The van der Waals surface area contributed by atoms with E-state index < -0.39 is 0 Å². The Balaban J connectivity index is 1.01. The number of ether oxygens (including phenoxy) is 1. The molecule has 1 saturated heterocycles. The number of carbonyl (C=O) groups is 2. The molecule has 3 amide bonds. The van der Waals surface area contributed by atoms with Crippen molar-refractivity contribution < 1.29 is 18.8 Å². The number of benzene rings is 1. The lowest BCUT2D eigenvalue weighted by atomic mass is 9.84. The highest BCUT2D eigenvalue weighted by Gasteiger charge is 2.42. The molecule has 194 valence electrons. The van der Waals surface area contributed by atoms with Gasteiger partial charge in [0.05, 0.1) is 20.2 Å². The third-order valence-electron chi connectivity index (χ3n) is 8.05. The second kappa shape index (κ2) is 11.0. The summed E-state index contributed by atoms with van der Waals surface area (Å²) in [6.07, 6.45) is 5.13. The van der Waals surface area contributed by atoms with E-state index in [1.165, 1.54) is 25.7 Å². The van der Waals surface area contributed by atoms with Crippen molar-refractivity contribution >= 4 is 11.9 Å². The molecule has 2 heterocycles. The number of nitrogens with one attached hydrogen (secondary N) is 2. The van der Waals surface area contributed by atoms with Crippen LogP contribution in [0.5, 0.6) is 5.75 Å². The minimum absolute atomic E-state index is 0.103. The topological polar surface area (TPSA) is 113 Å². The second-order valence-corrected chi connectivity index (χ2v) is 10.4. The Hall–Kier alpha value is -2.98. The van der Waals surface area contributed by atoms with Crippen LogP contribution in [0.15, 0.2) is 28.8 Å². The molecule has 10 heteroatoms. The van der Waals surface area contributed by atoms with Gasteiger partial charge in [0.2, 0.25) is 17.6 Å². The van der Waals surface area contributed by atoms with E-state index in [0.717, 1.165) is 49.3 Å². The lowest BCUT2D eigenvalue weighted by Crippen LogP contribution is -2.52. The lowest BCUT2D eigenvalue weighted by Gasteiger charge is -2.33. The zero-order valence-corrected chi connectivity index (χ0v) is 21.1. The number of imide groups is 1. The molecular weight excluding hydrogens is 460 g/mol. The SMILES string of the molecule is COc1ccc(-c2noc(CN3CCN(CC(=O)NC(=O)NC(C)C4CC5CCC4C5)CC3)n2)cc1. The Kier molecular flexibility index (Phi) is 7.52. The van der Waals surface area contributed by atoms with Crippen LogP contribution < -0.4 is 15.4 Å². The number of carbonyl (C=O) groups excluding carboxylic acids is 2. The van der Waals surface area contributed by atoms with Crippen molar-refractivity contribution in [2.45, 2.75) is 45.2 Å². The Morgan fingerprint density at radius 3 is 2.53 bits per heavy atom. The van der Waals surface area contributed by atoms with Crippen molar-refractivity contribution in [3.8, 4) is 17.1 Å². The third kappa shape index (κ3) is 5.87. The molecule has 0 spiro atoms. The smallest absolute Gasteiger partial charge is 0.321 e. The number of nitrogens with zero attached hydrogens (tertiary/aromatic N) is 4. The van der Waals surface area contributed by atoms with Crippen LogP contribution in [0, 0.1) is 17.8 Å². The minimum atomic E-state index is -0.377. The summed E-state index contributed by atoms with van der Waals surface area (Å²) >= 11 is 0. The largest absolute Gasteiger partial charge is 0.497 e. The van der Waals surface area contributed by atoms with Gasteiger partial charge in [0.25, 0.3) is 0 Å². The van der Waals surface area contributed by atoms with Crippen LogP contribution in [0.4, 0.5) is 4.79 Å². The number of piperazine rings is 1. The monoisotopic (exact) mass is 496 g/mol. The lowest BCUT2D eigenvalue weighted by molar-refractivity contribution is -0.121. The molecule has 10 nitrogen and oxygen atoms in total. The normalized spacial score (nSPS) is 25.0. The average molecular weight is 497 g/mol. The number of methoxy groups -OCH3 is 1. The molecule has 2 N–H and O–H groups in total. The van der Waals surface area contributed by atoms with Crippen LogP contribution in [0.3, 0.4) is 0 Å². The number of hydrogen-bond donors (Lipinski definition) is 2. The molecule has 1 aliphatic heterocycles. The summed E-state index contributed by atoms with van der Waals surface area (Å²) in [7, 11) is 1.63. The van der Waals surface area contributed by atoms with Gasteiger partial charge in [0.15, 0.2) is 0 Å². The van der Waals surface area contributed by atoms with Crippen LogP contribution in [0.25, 0.3) is 11.4 Å². The fourth-order valence-corrected chi connectivity index (χ4v) is 6.10. The van der Waals surface area contributed by atoms with Crippen molar-refractivity contribution in [3.05, 3.63) is 30.2 Å². The maximum absolute atomic E-state index is 12.4. The first-order valence-electron chi connectivity index (χ1n) is 13.0. The highest BCUT2D eigenvalue weighted by atomic mass is 16.5. The van der Waals surface area contributed by atoms with Gasteiger partial charge in [-0.15, -0.1) is 0 Å². The highest BCUT2D eigenvalue weighted by molar-refractivity contribution is 5.95. The van der Waals surface area contributed by atoms with E-state index in [9.17, 15) is 9.59 Å². The van der Waals surface area contributed by atoms with E-state index in [-0.39, 0.29) is 24.5 Å². The molecule has 3 fully saturated rings. The second-order valence-electron chi connectivity index (χ2n) is 10.4. The number of aromatic nitrogens is 2. The average Bonchev–Trinajstić information content (AvgIpc) is 3.63. The molecule has 2 bridgehead atoms. The van der Waals surface area contributed by atoms with Crippen molar-refractivity contribution in [2.24, 2.45) is 17.8 Å². The van der Waals surface area contributed by atoms with Gasteiger partial charge in [-0.05, 0) is 68.2 Å². The summed E-state index contributed by atoms with van der Waals surface area (Å²) in [6, 6.07) is 7.26. The van der Waals surface area contributed by atoms with Gasteiger partial charge in [-0.3, -0.25) is 19.9 Å². The Bertz CT molecular complexity index is 1050. The van der Waals surface area contributed by atoms with E-state index in [1.807, 2.05) is 24.3 Å². The van der Waals surface area contributed by atoms with Crippen molar-refractivity contribution in [2.75, 3.05) is 39.8 Å². The maximum Gasteiger partial charge on any atom is 0.321 e. The molecule has 2 aliphatic carbocycles. The fraction of sp³-hybridized carbons (Fsp3) is 0.615. The maximum atomic E-state index is 12.4. The quantitative estimate of drug-likeness (QED) is 0.573. The van der Waals surface area contributed by atoms with E-state index in [1.54, 1.807) is 7.11 Å². The van der Waals surface area contributed by atoms with Crippen molar-refractivity contribution in [1.82, 2.24) is 30.6 Å². The van der Waals surface area contributed by atoms with Crippen LogP contribution in [-0.2, 0) is 11.3 Å². The summed E-state index contributed by atoms with van der Waals surface area (Å²) in [5.74, 6) is 3.75. The number of urea groups is 1. The Morgan fingerprint density at radius 1 is 1.11 bits per heavy atom. The highest BCUT2D eigenvalue weighted by Crippen LogP contribution is 2.49. The predicted octanol–water partition coefficient (Wildman–Crippen LogP) is 2.51. The number of amides is 3. The van der Waals surface area contributed by atoms with E-state index >= 15 is 0 Å². The van der Waals surface area contributed by atoms with Gasteiger partial charge >= 0.3 is 6.03 Å². The molecular formula is C26H36N6O4. The first-order valence-corrected chi connectivity index (χ1v) is 13.0. The molecule has 2 aromatic rings. The van der Waals surface area contributed by atoms with Gasteiger partial charge in [-0.2, -0.15) is 4.98 Å². The number of hydrogen-bond acceptors (Lipinski definition) is 8. The van der Waals surface area contributed by atoms with E-state index in [2.05, 4.69) is 37.5 Å². The Morgan fingerprint density at radius 2 is 1.86 bits per heavy atom. The van der Waals surface area contributed by atoms with Crippen molar-refractivity contribution in [3.63, 3.8) is 0 Å². The summed E-state index contributed by atoms with van der Waals surface area (Å²) in [6.45, 7) is 5.87. The first kappa shape index (κ1) is 24.7. The number of rotatable bonds is 8. The summed E-state index contributed by atoms with van der Waals surface area (Å²) in [5, 5.41) is 9.61. The molecule has 1 aromatic heterocycles. The van der Waals surface area contributed by atoms with Gasteiger partial charge < -0.3 is 14.6 Å². The molecule has 1 aromatic carbocycles. The fourth-order valence-electron chi connectivity index (χ4n) is 6.10. The van der Waals surface area contributed by atoms with Crippen LogP contribution >= 0.6 is 0 Å². The van der Waals surface area contributed by atoms with E-state index in [4.69, 9.17) is 9.26 Å². The van der Waals surface area contributed by atoms with Crippen LogP contribution in [0.2, 0.25) is 0 Å². The molecule has 0 radical (unpaired) electrons. The Labute approximate surface area is 211 Å². The molecule has 4 unspecified atom stereocenters. The minimum Gasteiger partial charge on any atom is -0.497 e. The molecule has 2 saturated carbocycles. The van der Waals surface area contributed by atoms with Gasteiger partial charge in [-0.1, -0.05) is 11.6 Å². The molecule has 4 atom stereocenters. The third-order valence-corrected chi connectivity index (χ3v) is 8.05. The molecule has 36 heavy (non-hydrogen) atoms. The first-order chi connectivity index (χ1) is 17.5. The van der Waals surface area contributed by atoms with Crippen LogP contribution in [-0.4, -0.2) is 77.8 Å². The van der Waals surface area contributed by atoms with Gasteiger partial charge in [0, 0.05) is 37.8 Å². The van der Waals surface area contributed by atoms with Gasteiger partial charge in [-0.25, -0.2) is 4.79 Å². The molecule has 3 aliphatic rings. The predicted molar refractivity (Wildman–Crippen MR) is 133 cm³/mol.